The largest absolute Gasteiger partial charge is 0.396 e. The van der Waals surface area contributed by atoms with Gasteiger partial charge in [0, 0.05) is 12.5 Å². The summed E-state index contributed by atoms with van der Waals surface area (Å²) in [5.41, 5.74) is 5.30. The van der Waals surface area contributed by atoms with Crippen molar-refractivity contribution in [3.8, 4) is 0 Å². The first kappa shape index (κ1) is 13.9. The number of ether oxygens (including phenoxy) is 1. The Morgan fingerprint density at radius 1 is 1.29 bits per heavy atom. The van der Waals surface area contributed by atoms with Crippen LogP contribution in [0.1, 0.15) is 40.0 Å². The van der Waals surface area contributed by atoms with Crippen LogP contribution in [-0.4, -0.2) is 30.5 Å². The van der Waals surface area contributed by atoms with Gasteiger partial charge in [0.25, 0.3) is 0 Å². The van der Waals surface area contributed by atoms with E-state index in [9.17, 15) is 0 Å². The molecule has 0 rings (SSSR count). The van der Waals surface area contributed by atoms with Crippen LogP contribution in [0.4, 0.5) is 0 Å². The molecule has 0 radical (unpaired) electrons. The molecule has 3 N–H and O–H groups in total. The highest BCUT2D eigenvalue weighted by Crippen LogP contribution is 2.13. The van der Waals surface area contributed by atoms with E-state index in [1.807, 2.05) is 20.8 Å². The van der Waals surface area contributed by atoms with E-state index in [2.05, 4.69) is 0 Å². The lowest BCUT2D eigenvalue weighted by molar-refractivity contribution is -0.0327. The van der Waals surface area contributed by atoms with E-state index in [1.165, 1.54) is 0 Å². The van der Waals surface area contributed by atoms with Gasteiger partial charge in [-0.3, -0.25) is 0 Å². The maximum absolute atomic E-state index is 9.11. The highest BCUT2D eigenvalue weighted by Gasteiger charge is 2.14. The summed E-state index contributed by atoms with van der Waals surface area (Å²) >= 11 is 0. The monoisotopic (exact) mass is 203 g/mol. The lowest BCUT2D eigenvalue weighted by Gasteiger charge is -2.23. The molecule has 0 amide bonds. The summed E-state index contributed by atoms with van der Waals surface area (Å²) in [6.07, 6.45) is 3.12. The van der Waals surface area contributed by atoms with Crippen molar-refractivity contribution >= 4 is 0 Å². The molecular formula is C11H25NO2. The molecule has 0 saturated heterocycles. The third kappa shape index (κ3) is 8.48. The molecule has 0 spiro atoms. The van der Waals surface area contributed by atoms with Gasteiger partial charge in [-0.1, -0.05) is 6.42 Å². The zero-order valence-corrected chi connectivity index (χ0v) is 9.75. The molecule has 1 unspecified atom stereocenters. The fourth-order valence-electron chi connectivity index (χ4n) is 1.17. The predicted octanol–water partition coefficient (Wildman–Crippen LogP) is 1.54. The van der Waals surface area contributed by atoms with Gasteiger partial charge in [0.2, 0.25) is 0 Å². The maximum Gasteiger partial charge on any atom is 0.0598 e. The highest BCUT2D eigenvalue weighted by atomic mass is 16.5. The Balaban J connectivity index is 3.58. The van der Waals surface area contributed by atoms with Crippen LogP contribution in [0.25, 0.3) is 0 Å². The normalized spacial score (nSPS) is 14.4. The summed E-state index contributed by atoms with van der Waals surface area (Å²) in [6.45, 7) is 7.67. The summed E-state index contributed by atoms with van der Waals surface area (Å²) in [5.74, 6) is 0.265. The number of hydrogen-bond donors (Lipinski definition) is 2. The van der Waals surface area contributed by atoms with Crippen LogP contribution in [0.2, 0.25) is 0 Å². The van der Waals surface area contributed by atoms with Gasteiger partial charge in [0.1, 0.15) is 0 Å². The van der Waals surface area contributed by atoms with E-state index < -0.39 is 0 Å². The summed E-state index contributed by atoms with van der Waals surface area (Å²) in [6, 6.07) is 0. The SMILES string of the molecule is CC(C)(C)OCC(CO)CCCCN. The van der Waals surface area contributed by atoms with Gasteiger partial charge in [-0.2, -0.15) is 0 Å². The van der Waals surface area contributed by atoms with Gasteiger partial charge in [-0.05, 0) is 40.2 Å². The summed E-state index contributed by atoms with van der Waals surface area (Å²) in [5, 5.41) is 9.11. The Labute approximate surface area is 87.6 Å². The molecule has 1 atom stereocenters. The molecule has 3 heteroatoms. The van der Waals surface area contributed by atoms with Gasteiger partial charge in [0.05, 0.1) is 12.2 Å². The molecule has 0 aromatic carbocycles. The molecule has 0 bridgehead atoms. The second kappa shape index (κ2) is 7.21. The number of hydrogen-bond acceptors (Lipinski definition) is 3. The molecule has 0 aliphatic rings. The molecular weight excluding hydrogens is 178 g/mol. The number of rotatable bonds is 7. The molecule has 0 heterocycles. The van der Waals surface area contributed by atoms with Crippen LogP contribution < -0.4 is 5.73 Å². The standard InChI is InChI=1S/C11H25NO2/c1-11(2,3)14-9-10(8-13)6-4-5-7-12/h10,13H,4-9,12H2,1-3H3. The van der Waals surface area contributed by atoms with E-state index in [0.29, 0.717) is 6.61 Å². The summed E-state index contributed by atoms with van der Waals surface area (Å²) < 4.78 is 5.62. The average Bonchev–Trinajstić information content (AvgIpc) is 2.09. The second-order valence-electron chi connectivity index (χ2n) is 4.76. The third-order valence-electron chi connectivity index (χ3n) is 2.08. The Morgan fingerprint density at radius 2 is 1.93 bits per heavy atom. The van der Waals surface area contributed by atoms with Crippen LogP contribution in [0.5, 0.6) is 0 Å². The molecule has 0 aliphatic heterocycles. The molecule has 0 fully saturated rings. The fourth-order valence-corrected chi connectivity index (χ4v) is 1.17. The summed E-state index contributed by atoms with van der Waals surface area (Å²) in [4.78, 5) is 0. The van der Waals surface area contributed by atoms with Gasteiger partial charge >= 0.3 is 0 Å². The fraction of sp³-hybridized carbons (Fsp3) is 1.00. The maximum atomic E-state index is 9.11. The molecule has 0 aromatic heterocycles. The zero-order valence-electron chi connectivity index (χ0n) is 9.75. The molecule has 14 heavy (non-hydrogen) atoms. The van der Waals surface area contributed by atoms with Crippen molar-refractivity contribution in [3.63, 3.8) is 0 Å². The van der Waals surface area contributed by atoms with Gasteiger partial charge in [-0.25, -0.2) is 0 Å². The molecule has 86 valence electrons. The first-order chi connectivity index (χ1) is 6.49. The first-order valence-electron chi connectivity index (χ1n) is 5.44. The highest BCUT2D eigenvalue weighted by molar-refractivity contribution is 4.63. The van der Waals surface area contributed by atoms with Crippen molar-refractivity contribution in [1.29, 1.82) is 0 Å². The Kier molecular flexibility index (Phi) is 7.15. The van der Waals surface area contributed by atoms with E-state index in [0.717, 1.165) is 25.8 Å². The van der Waals surface area contributed by atoms with E-state index >= 15 is 0 Å². The van der Waals surface area contributed by atoms with Crippen molar-refractivity contribution in [2.75, 3.05) is 19.8 Å². The van der Waals surface area contributed by atoms with Gasteiger partial charge in [-0.15, -0.1) is 0 Å². The van der Waals surface area contributed by atoms with Crippen LogP contribution in [0.3, 0.4) is 0 Å². The number of unbranched alkanes of at least 4 members (excludes halogenated alkanes) is 1. The van der Waals surface area contributed by atoms with Crippen molar-refractivity contribution in [1.82, 2.24) is 0 Å². The van der Waals surface area contributed by atoms with Crippen molar-refractivity contribution < 1.29 is 9.84 Å². The predicted molar refractivity (Wildman–Crippen MR) is 59.2 cm³/mol. The minimum atomic E-state index is -0.110. The summed E-state index contributed by atoms with van der Waals surface area (Å²) in [7, 11) is 0. The average molecular weight is 203 g/mol. The quantitative estimate of drug-likeness (QED) is 0.617. The first-order valence-corrected chi connectivity index (χ1v) is 5.44. The van der Waals surface area contributed by atoms with Gasteiger partial charge in [0.15, 0.2) is 0 Å². The van der Waals surface area contributed by atoms with Crippen molar-refractivity contribution in [2.45, 2.75) is 45.6 Å². The lowest BCUT2D eigenvalue weighted by atomic mass is 10.0. The van der Waals surface area contributed by atoms with Crippen LogP contribution in [0, 0.1) is 5.92 Å². The topological polar surface area (TPSA) is 55.5 Å². The van der Waals surface area contributed by atoms with Crippen LogP contribution in [-0.2, 0) is 4.74 Å². The lowest BCUT2D eigenvalue weighted by Crippen LogP contribution is -2.25. The minimum Gasteiger partial charge on any atom is -0.396 e. The Morgan fingerprint density at radius 3 is 2.36 bits per heavy atom. The molecule has 0 aliphatic carbocycles. The smallest absolute Gasteiger partial charge is 0.0598 e. The van der Waals surface area contributed by atoms with Crippen molar-refractivity contribution in [2.24, 2.45) is 11.7 Å². The number of nitrogens with two attached hydrogens (primary N) is 1. The zero-order chi connectivity index (χ0) is 11.0. The Hall–Kier alpha value is -0.120. The second-order valence-corrected chi connectivity index (χ2v) is 4.76. The third-order valence-corrected chi connectivity index (χ3v) is 2.08. The van der Waals surface area contributed by atoms with E-state index in [-0.39, 0.29) is 18.1 Å². The van der Waals surface area contributed by atoms with E-state index in [1.54, 1.807) is 0 Å². The minimum absolute atomic E-state index is 0.110. The Bertz CT molecular complexity index is 132. The molecule has 3 nitrogen and oxygen atoms in total. The molecule has 0 aromatic rings. The molecule has 0 saturated carbocycles. The number of aliphatic hydroxyl groups excluding tert-OH is 1. The van der Waals surface area contributed by atoms with Crippen LogP contribution >= 0.6 is 0 Å². The van der Waals surface area contributed by atoms with Gasteiger partial charge < -0.3 is 15.6 Å². The van der Waals surface area contributed by atoms with Crippen LogP contribution in [0.15, 0.2) is 0 Å². The number of aliphatic hydroxyl groups is 1. The van der Waals surface area contributed by atoms with E-state index in [4.69, 9.17) is 15.6 Å². The van der Waals surface area contributed by atoms with Crippen molar-refractivity contribution in [3.05, 3.63) is 0 Å².